The molecule has 0 spiro atoms. The van der Waals surface area contributed by atoms with Gasteiger partial charge in [0.15, 0.2) is 11.7 Å². The summed E-state index contributed by atoms with van der Waals surface area (Å²) in [4.78, 5) is 18.2. The number of carbonyl (C=O) groups is 1. The first-order valence-electron chi connectivity index (χ1n) is 9.36. The monoisotopic (exact) mass is 491 g/mol. The Morgan fingerprint density at radius 1 is 1.12 bits per heavy atom. The molecule has 0 saturated carbocycles. The Morgan fingerprint density at radius 3 is 2.36 bits per heavy atom. The molecular weight excluding hydrogens is 476 g/mol. The highest BCUT2D eigenvalue weighted by Crippen LogP contribution is 2.37. The van der Waals surface area contributed by atoms with Crippen LogP contribution in [0.1, 0.15) is 29.4 Å². The lowest BCUT2D eigenvalue weighted by Gasteiger charge is -2.40. The van der Waals surface area contributed by atoms with Gasteiger partial charge in [-0.25, -0.2) is 4.98 Å². The van der Waals surface area contributed by atoms with Crippen molar-refractivity contribution in [1.29, 1.82) is 10.8 Å². The van der Waals surface area contributed by atoms with Crippen LogP contribution in [-0.4, -0.2) is 44.9 Å². The molecule has 1 aromatic carbocycles. The van der Waals surface area contributed by atoms with E-state index in [1.165, 1.54) is 13.0 Å². The highest BCUT2D eigenvalue weighted by molar-refractivity contribution is 6.40. The number of benzene rings is 1. The van der Waals surface area contributed by atoms with E-state index < -0.39 is 52.3 Å². The van der Waals surface area contributed by atoms with Gasteiger partial charge in [0, 0.05) is 19.1 Å². The number of amidine groups is 2. The summed E-state index contributed by atoms with van der Waals surface area (Å²) in [5.41, 5.74) is -2.66. The molecule has 1 aliphatic heterocycles. The highest BCUT2D eigenvalue weighted by atomic mass is 35.5. The minimum Gasteiger partial charge on any atom is -0.327 e. The van der Waals surface area contributed by atoms with Gasteiger partial charge in [-0.3, -0.25) is 15.6 Å². The molecule has 1 unspecified atom stereocenters. The molecule has 2 aromatic rings. The third kappa shape index (κ3) is 4.95. The second-order valence-electron chi connectivity index (χ2n) is 7.27. The van der Waals surface area contributed by atoms with Crippen molar-refractivity contribution in [3.63, 3.8) is 0 Å². The predicted octanol–water partition coefficient (Wildman–Crippen LogP) is 4.81. The Hall–Kier alpha value is -3.15. The van der Waals surface area contributed by atoms with Crippen LogP contribution in [0.2, 0.25) is 5.02 Å². The summed E-state index contributed by atoms with van der Waals surface area (Å²) in [5, 5.41) is 15.7. The lowest BCUT2D eigenvalue weighted by molar-refractivity contribution is -0.141. The number of hydrogen-bond donors (Lipinski definition) is 2. The summed E-state index contributed by atoms with van der Waals surface area (Å²) in [7, 11) is 0. The molecule has 1 fully saturated rings. The zero-order valence-electron chi connectivity index (χ0n) is 16.9. The Balaban J connectivity index is 1.84. The van der Waals surface area contributed by atoms with Crippen LogP contribution in [0.15, 0.2) is 36.4 Å². The maximum Gasteiger partial charge on any atom is 0.433 e. The summed E-state index contributed by atoms with van der Waals surface area (Å²) in [5.74, 6) is -2.22. The van der Waals surface area contributed by atoms with Crippen LogP contribution in [0.5, 0.6) is 0 Å². The standard InChI is InChI=1S/C20H16ClF6N5O/c1-10-8-32(16(28)13-6-3-7-14(30-13)20(25,26)27)17(29)18(33)31(10)9-11-4-2-5-12(15(11)21)19(22,23)24/h2-7,10,28-29H,8-9H2,1H3. The average Bonchev–Trinajstić information content (AvgIpc) is 2.73. The minimum absolute atomic E-state index is 0.0163. The molecule has 1 aromatic heterocycles. The van der Waals surface area contributed by atoms with Gasteiger partial charge >= 0.3 is 12.4 Å². The number of halogens is 7. The molecule has 0 aliphatic carbocycles. The molecule has 1 saturated heterocycles. The van der Waals surface area contributed by atoms with Crippen molar-refractivity contribution < 1.29 is 31.1 Å². The lowest BCUT2D eigenvalue weighted by atomic mass is 10.1. The number of aromatic nitrogens is 1. The fourth-order valence-corrected chi connectivity index (χ4v) is 3.60. The molecule has 176 valence electrons. The van der Waals surface area contributed by atoms with Gasteiger partial charge in [-0.2, -0.15) is 26.3 Å². The Bertz CT molecular complexity index is 1120. The number of carbonyl (C=O) groups excluding carboxylic acids is 1. The molecular formula is C20H16ClF6N5O. The van der Waals surface area contributed by atoms with E-state index in [-0.39, 0.29) is 24.3 Å². The topological polar surface area (TPSA) is 84.1 Å². The van der Waals surface area contributed by atoms with Crippen LogP contribution in [0.3, 0.4) is 0 Å². The number of amides is 1. The number of piperazine rings is 1. The van der Waals surface area contributed by atoms with E-state index >= 15 is 0 Å². The maximum absolute atomic E-state index is 13.1. The van der Waals surface area contributed by atoms with Crippen molar-refractivity contribution in [2.45, 2.75) is 31.9 Å². The van der Waals surface area contributed by atoms with Gasteiger partial charge in [-0.15, -0.1) is 0 Å². The summed E-state index contributed by atoms with van der Waals surface area (Å²) in [6, 6.07) is 5.50. The summed E-state index contributed by atoms with van der Waals surface area (Å²) in [6.07, 6.45) is -9.43. The van der Waals surface area contributed by atoms with Crippen molar-refractivity contribution in [3.8, 4) is 0 Å². The van der Waals surface area contributed by atoms with Gasteiger partial charge in [0.1, 0.15) is 11.4 Å². The highest BCUT2D eigenvalue weighted by Gasteiger charge is 2.39. The van der Waals surface area contributed by atoms with Gasteiger partial charge in [0.05, 0.1) is 10.6 Å². The van der Waals surface area contributed by atoms with Gasteiger partial charge in [-0.1, -0.05) is 29.8 Å². The van der Waals surface area contributed by atoms with E-state index in [0.29, 0.717) is 0 Å². The predicted molar refractivity (Wildman–Crippen MR) is 107 cm³/mol. The first kappa shape index (κ1) is 24.5. The first-order valence-corrected chi connectivity index (χ1v) is 9.74. The van der Waals surface area contributed by atoms with Gasteiger partial charge in [0.2, 0.25) is 0 Å². The van der Waals surface area contributed by atoms with Crippen molar-refractivity contribution in [2.24, 2.45) is 0 Å². The molecule has 6 nitrogen and oxygen atoms in total. The molecule has 3 rings (SSSR count). The molecule has 1 aliphatic rings. The smallest absolute Gasteiger partial charge is 0.327 e. The summed E-state index contributed by atoms with van der Waals surface area (Å²) in [6.45, 7) is 1.05. The zero-order chi connectivity index (χ0) is 24.7. The Morgan fingerprint density at radius 2 is 1.76 bits per heavy atom. The van der Waals surface area contributed by atoms with Crippen molar-refractivity contribution in [2.75, 3.05) is 6.54 Å². The molecule has 1 amide bonds. The number of nitrogens with one attached hydrogen (secondary N) is 2. The van der Waals surface area contributed by atoms with E-state index in [1.54, 1.807) is 0 Å². The molecule has 1 atom stereocenters. The quantitative estimate of drug-likeness (QED) is 0.367. The fourth-order valence-electron chi connectivity index (χ4n) is 3.30. The summed E-state index contributed by atoms with van der Waals surface area (Å²) >= 11 is 5.90. The molecule has 33 heavy (non-hydrogen) atoms. The van der Waals surface area contributed by atoms with Crippen LogP contribution in [0.25, 0.3) is 0 Å². The third-order valence-electron chi connectivity index (χ3n) is 4.99. The van der Waals surface area contributed by atoms with Crippen LogP contribution in [0.4, 0.5) is 26.3 Å². The molecule has 0 radical (unpaired) electrons. The second-order valence-corrected chi connectivity index (χ2v) is 7.65. The zero-order valence-corrected chi connectivity index (χ0v) is 17.6. The van der Waals surface area contributed by atoms with E-state index in [9.17, 15) is 31.1 Å². The average molecular weight is 492 g/mol. The maximum atomic E-state index is 13.1. The SMILES string of the molecule is CC1CN(C(=N)c2cccc(C(F)(F)F)n2)C(=N)C(=O)N1Cc1cccc(C(F)(F)F)c1Cl. The molecule has 13 heteroatoms. The number of hydrogen-bond acceptors (Lipinski definition) is 4. The minimum atomic E-state index is -4.74. The van der Waals surface area contributed by atoms with E-state index in [0.717, 1.165) is 40.1 Å². The molecule has 0 bridgehead atoms. The summed E-state index contributed by atoms with van der Waals surface area (Å²) < 4.78 is 78.2. The number of rotatable bonds is 3. The number of nitrogens with zero attached hydrogens (tertiary/aromatic N) is 3. The van der Waals surface area contributed by atoms with Crippen molar-refractivity contribution in [3.05, 3.63) is 63.9 Å². The van der Waals surface area contributed by atoms with Crippen LogP contribution < -0.4 is 0 Å². The largest absolute Gasteiger partial charge is 0.433 e. The fraction of sp³-hybridized carbons (Fsp3) is 0.300. The Kier molecular flexibility index (Phi) is 6.42. The number of pyridine rings is 1. The molecule has 2 heterocycles. The van der Waals surface area contributed by atoms with Crippen molar-refractivity contribution in [1.82, 2.24) is 14.8 Å². The first-order chi connectivity index (χ1) is 15.2. The van der Waals surface area contributed by atoms with Gasteiger partial charge < -0.3 is 9.80 Å². The lowest BCUT2D eigenvalue weighted by Crippen LogP contribution is -2.59. The van der Waals surface area contributed by atoms with E-state index in [2.05, 4.69) is 4.98 Å². The van der Waals surface area contributed by atoms with Crippen molar-refractivity contribution >= 4 is 29.2 Å². The van der Waals surface area contributed by atoms with Crippen LogP contribution in [0, 0.1) is 10.8 Å². The third-order valence-corrected chi connectivity index (χ3v) is 5.44. The molecule has 2 N–H and O–H groups in total. The number of alkyl halides is 6. The van der Waals surface area contributed by atoms with Gasteiger partial charge in [0.25, 0.3) is 5.91 Å². The normalized spacial score (nSPS) is 17.5. The van der Waals surface area contributed by atoms with E-state index in [4.69, 9.17) is 22.4 Å². The van der Waals surface area contributed by atoms with Crippen LogP contribution >= 0.6 is 11.6 Å². The Labute approximate surface area is 188 Å². The van der Waals surface area contributed by atoms with Gasteiger partial charge in [-0.05, 0) is 30.7 Å². The second kappa shape index (κ2) is 8.65. The van der Waals surface area contributed by atoms with E-state index in [1.807, 2.05) is 0 Å². The van der Waals surface area contributed by atoms with Crippen LogP contribution in [-0.2, 0) is 23.7 Å².